The average Bonchev–Trinajstić information content (AvgIpc) is 1.54. The maximum atomic E-state index is 8.89. The first-order chi connectivity index (χ1) is 5.20. The van der Waals surface area contributed by atoms with E-state index in [1.54, 1.807) is 0 Å². The molecule has 0 atom stereocenters. The summed E-state index contributed by atoms with van der Waals surface area (Å²) in [6, 6.07) is 0. The van der Waals surface area contributed by atoms with E-state index in [0.717, 1.165) is 20.8 Å². The van der Waals surface area contributed by atoms with Crippen molar-refractivity contribution in [2.45, 2.75) is 20.8 Å². The van der Waals surface area contributed by atoms with Gasteiger partial charge in [0.05, 0.1) is 0 Å². The van der Waals surface area contributed by atoms with Crippen LogP contribution in [0.1, 0.15) is 20.8 Å². The average molecular weight is 191 g/mol. The Morgan fingerprint density at radius 2 is 0.692 bits per heavy atom. The van der Waals surface area contributed by atoms with Crippen molar-refractivity contribution < 1.29 is 29.7 Å². The number of carbonyl (C=O) groups is 3. The fraction of sp³-hybridized carbons (Fsp3) is 0.500. The Balaban J connectivity index is -0.0000000450. The minimum atomic E-state index is -1.08. The summed E-state index contributed by atoms with van der Waals surface area (Å²) in [6.45, 7) is 2.92. The highest BCUT2D eigenvalue weighted by molar-refractivity contribution is 5.60. The van der Waals surface area contributed by atoms with Crippen LogP contribution in [0.4, 0.5) is 0 Å². The molecule has 74 valence electrons. The summed E-state index contributed by atoms with van der Waals surface area (Å²) in [5.74, 6) is -3.25. The molecule has 0 heterocycles. The summed E-state index contributed by atoms with van der Waals surface area (Å²) in [5, 5.41) is 26.7. The fourth-order valence-corrected chi connectivity index (χ4v) is 0. The minimum absolute atomic E-state index is 0. The zero-order chi connectivity index (χ0) is 10.7. The summed E-state index contributed by atoms with van der Waals surface area (Å²) >= 11 is 0. The molecule has 0 rings (SSSR count). The molecule has 0 saturated heterocycles. The third-order valence-corrected chi connectivity index (χ3v) is 0. The molecule has 0 unspecified atom stereocenters. The molecule has 7 heteroatoms. The Kier molecular flexibility index (Phi) is 28.7. The monoisotopic (exact) mass is 191 g/mol. The largest absolute Gasteiger partial charge is 3.00 e. The molecule has 0 aromatic carbocycles. The van der Waals surface area contributed by atoms with Gasteiger partial charge in [-0.3, -0.25) is 0 Å². The number of hydrogen-bond donors (Lipinski definition) is 0. The molecule has 0 N–H and O–H groups in total. The van der Waals surface area contributed by atoms with E-state index in [4.69, 9.17) is 29.7 Å². The van der Waals surface area contributed by atoms with Crippen LogP contribution in [-0.4, -0.2) is 17.9 Å². The number of carboxylic acids is 3. The van der Waals surface area contributed by atoms with Crippen LogP contribution in [-0.2, 0) is 14.4 Å². The normalized spacial score (nSPS) is 5.77. The molecule has 0 bridgehead atoms. The van der Waals surface area contributed by atoms with Crippen LogP contribution in [0, 0.1) is 0 Å². The van der Waals surface area contributed by atoms with Crippen molar-refractivity contribution in [3.63, 3.8) is 0 Å². The molecule has 7 nitrogen and oxygen atoms in total. The second-order valence-electron chi connectivity index (χ2n) is 1.47. The van der Waals surface area contributed by atoms with Gasteiger partial charge in [0, 0.05) is 17.9 Å². The van der Waals surface area contributed by atoms with Crippen molar-refractivity contribution in [1.82, 2.24) is 6.15 Å². The van der Waals surface area contributed by atoms with E-state index < -0.39 is 17.9 Å². The zero-order valence-electron chi connectivity index (χ0n) is 7.40. The molecule has 13 heavy (non-hydrogen) atoms. The third-order valence-electron chi connectivity index (χ3n) is 0. The van der Waals surface area contributed by atoms with Crippen LogP contribution < -0.4 is 21.5 Å². The van der Waals surface area contributed by atoms with Gasteiger partial charge in [-0.15, -0.1) is 0 Å². The number of carbonyl (C=O) groups excluding carboxylic acids is 3. The van der Waals surface area contributed by atoms with E-state index in [0.29, 0.717) is 0 Å². The summed E-state index contributed by atoms with van der Waals surface area (Å²) in [7, 11) is 0. The highest BCUT2D eigenvalue weighted by atomic mass is 16.4. The molecule has 0 aromatic rings. The Bertz CT molecular complexity index is 115. The first-order valence-corrected chi connectivity index (χ1v) is 2.72. The highest BCUT2D eigenvalue weighted by Gasteiger charge is 3.00. The molecule has 0 saturated carbocycles. The van der Waals surface area contributed by atoms with Gasteiger partial charge in [0.1, 0.15) is 0 Å². The topological polar surface area (TPSA) is 151 Å². The maximum absolute atomic E-state index is 8.89. The first-order valence-electron chi connectivity index (χ1n) is 2.72. The molecule has 0 aromatic heterocycles. The lowest BCUT2D eigenvalue weighted by molar-refractivity contribution is -0.303. The molecular formula is C6H9NO6. The van der Waals surface area contributed by atoms with Gasteiger partial charge in [0.25, 0.3) is 0 Å². The summed E-state index contributed by atoms with van der Waals surface area (Å²) < 4.78 is 0. The molecule has 0 aliphatic carbocycles. The number of aliphatic carboxylic acids is 3. The molecular weight excluding hydrogens is 182 g/mol. The van der Waals surface area contributed by atoms with Crippen LogP contribution in [0.2, 0.25) is 0 Å². The first kappa shape index (κ1) is 22.5. The van der Waals surface area contributed by atoms with E-state index in [2.05, 4.69) is 0 Å². The fourth-order valence-electron chi connectivity index (χ4n) is 0. The smallest absolute Gasteiger partial charge is 0.550 e. The standard InChI is InChI=1S/3C2H4O2.N/c3*1-2(3)4;/h3*1H3,(H,3,4);/q;;;+3/p-3. The maximum Gasteiger partial charge on any atom is 3.00 e. The van der Waals surface area contributed by atoms with Crippen molar-refractivity contribution in [3.05, 3.63) is 0 Å². The summed E-state index contributed by atoms with van der Waals surface area (Å²) in [6.07, 6.45) is 0. The molecule has 2 radical (unpaired) electrons. The van der Waals surface area contributed by atoms with Gasteiger partial charge in [-0.1, -0.05) is 0 Å². The summed E-state index contributed by atoms with van der Waals surface area (Å²) in [5.41, 5.74) is 0. The predicted octanol–water partition coefficient (Wildman–Crippen LogP) is -4.21. The third kappa shape index (κ3) is 189. The Morgan fingerprint density at radius 3 is 0.692 bits per heavy atom. The molecule has 0 fully saturated rings. The Labute approximate surface area is 75.6 Å². The lowest BCUT2D eigenvalue weighted by Crippen LogP contribution is -2.16. The number of nitrogens with zero attached hydrogens (tertiary/aromatic N) is 1. The van der Waals surface area contributed by atoms with Crippen LogP contribution in [0.5, 0.6) is 0 Å². The Morgan fingerprint density at radius 1 is 0.692 bits per heavy atom. The van der Waals surface area contributed by atoms with E-state index in [9.17, 15) is 0 Å². The second kappa shape index (κ2) is 16.6. The SMILES string of the molecule is CC(=O)[O-].CC(=O)[O-].CC(=O)[O-].[N+3]. The van der Waals surface area contributed by atoms with Gasteiger partial charge >= 0.3 is 6.15 Å². The van der Waals surface area contributed by atoms with Gasteiger partial charge in [-0.25, -0.2) is 0 Å². The van der Waals surface area contributed by atoms with Crippen LogP contribution in [0.15, 0.2) is 0 Å². The van der Waals surface area contributed by atoms with E-state index >= 15 is 0 Å². The van der Waals surface area contributed by atoms with Gasteiger partial charge in [-0.2, -0.15) is 0 Å². The number of hydrogen-bond acceptors (Lipinski definition) is 6. The van der Waals surface area contributed by atoms with Crippen LogP contribution >= 0.6 is 0 Å². The Hall–Kier alpha value is -1.88. The van der Waals surface area contributed by atoms with Crippen molar-refractivity contribution in [1.29, 1.82) is 0 Å². The highest BCUT2D eigenvalue weighted by Crippen LogP contribution is 1.31. The van der Waals surface area contributed by atoms with Crippen molar-refractivity contribution >= 4 is 17.9 Å². The number of carboxylic acid groups (broad SMARTS) is 3. The van der Waals surface area contributed by atoms with E-state index in [-0.39, 0.29) is 6.15 Å². The predicted molar refractivity (Wildman–Crippen MR) is 34.2 cm³/mol. The van der Waals surface area contributed by atoms with Crippen LogP contribution in [0.25, 0.3) is 0 Å². The minimum Gasteiger partial charge on any atom is -0.550 e. The van der Waals surface area contributed by atoms with Crippen LogP contribution in [0.3, 0.4) is 0 Å². The summed E-state index contributed by atoms with van der Waals surface area (Å²) in [4.78, 5) is 26.7. The van der Waals surface area contributed by atoms with Gasteiger partial charge < -0.3 is 29.7 Å². The van der Waals surface area contributed by atoms with Crippen molar-refractivity contribution in [2.75, 3.05) is 0 Å². The quantitative estimate of drug-likeness (QED) is 0.378. The van der Waals surface area contributed by atoms with Crippen molar-refractivity contribution in [3.8, 4) is 0 Å². The molecule has 0 aliphatic heterocycles. The van der Waals surface area contributed by atoms with Gasteiger partial charge in [0.2, 0.25) is 0 Å². The lowest BCUT2D eigenvalue weighted by Gasteiger charge is -1.77. The second-order valence-corrected chi connectivity index (χ2v) is 1.47. The van der Waals surface area contributed by atoms with E-state index in [1.165, 1.54) is 0 Å². The lowest BCUT2D eigenvalue weighted by atomic mass is 10.9. The zero-order valence-corrected chi connectivity index (χ0v) is 7.40. The molecule has 0 amide bonds. The van der Waals surface area contributed by atoms with E-state index in [1.807, 2.05) is 0 Å². The van der Waals surface area contributed by atoms with Gasteiger partial charge in [0.15, 0.2) is 0 Å². The molecule has 0 aliphatic rings. The number of rotatable bonds is 0. The molecule has 0 spiro atoms. The van der Waals surface area contributed by atoms with Gasteiger partial charge in [-0.05, 0) is 20.8 Å². The van der Waals surface area contributed by atoms with Crippen molar-refractivity contribution in [2.24, 2.45) is 0 Å².